The second-order valence-electron chi connectivity index (χ2n) is 5.05. The van der Waals surface area contributed by atoms with Gasteiger partial charge in [-0.3, -0.25) is 0 Å². The molecule has 6 heteroatoms. The van der Waals surface area contributed by atoms with Crippen LogP contribution in [0.4, 0.5) is 19.0 Å². The third-order valence-electron chi connectivity index (χ3n) is 3.68. The summed E-state index contributed by atoms with van der Waals surface area (Å²) in [7, 11) is 0. The summed E-state index contributed by atoms with van der Waals surface area (Å²) in [4.78, 5) is 5.69. The average molecular weight is 273 g/mol. The van der Waals surface area contributed by atoms with E-state index in [2.05, 4.69) is 4.98 Å². The molecule has 0 spiro atoms. The number of rotatable bonds is 2. The van der Waals surface area contributed by atoms with Crippen LogP contribution in [0.5, 0.6) is 0 Å². The molecular weight excluding hydrogens is 255 g/mol. The van der Waals surface area contributed by atoms with E-state index in [0.717, 1.165) is 18.9 Å². The molecule has 0 aliphatic carbocycles. The number of nitrogens with two attached hydrogens (primary N) is 1. The molecular formula is C13H18F3N3. The maximum atomic E-state index is 13.0. The Morgan fingerprint density at radius 1 is 1.42 bits per heavy atom. The van der Waals surface area contributed by atoms with Crippen LogP contribution < -0.4 is 10.6 Å². The van der Waals surface area contributed by atoms with Crippen LogP contribution in [0.3, 0.4) is 0 Å². The topological polar surface area (TPSA) is 42.1 Å². The van der Waals surface area contributed by atoms with Crippen molar-refractivity contribution in [2.45, 2.75) is 32.0 Å². The normalized spacial score (nSPS) is 24.6. The highest BCUT2D eigenvalue weighted by molar-refractivity contribution is 5.49. The van der Waals surface area contributed by atoms with Gasteiger partial charge in [0.25, 0.3) is 0 Å². The molecule has 1 aliphatic heterocycles. The number of anilines is 1. The molecule has 1 fully saturated rings. The van der Waals surface area contributed by atoms with E-state index in [1.807, 2.05) is 6.92 Å². The summed E-state index contributed by atoms with van der Waals surface area (Å²) in [6.07, 6.45) is -1.17. The molecule has 1 aromatic rings. The van der Waals surface area contributed by atoms with Crippen molar-refractivity contribution < 1.29 is 13.2 Å². The third kappa shape index (κ3) is 3.00. The van der Waals surface area contributed by atoms with Crippen LogP contribution in [0.15, 0.2) is 18.3 Å². The van der Waals surface area contributed by atoms with E-state index in [4.69, 9.17) is 5.73 Å². The van der Waals surface area contributed by atoms with E-state index < -0.39 is 11.7 Å². The van der Waals surface area contributed by atoms with Gasteiger partial charge in [0.05, 0.1) is 5.56 Å². The number of aromatic nitrogens is 1. The Balaban J connectivity index is 2.35. The molecule has 1 aliphatic rings. The molecule has 0 saturated carbocycles. The van der Waals surface area contributed by atoms with Gasteiger partial charge in [-0.15, -0.1) is 0 Å². The Hall–Kier alpha value is -1.30. The minimum atomic E-state index is -4.38. The Kier molecular flexibility index (Phi) is 3.99. The average Bonchev–Trinajstić information content (AvgIpc) is 2.38. The van der Waals surface area contributed by atoms with E-state index in [1.54, 1.807) is 4.90 Å². The zero-order valence-electron chi connectivity index (χ0n) is 10.8. The summed E-state index contributed by atoms with van der Waals surface area (Å²) in [6, 6.07) is 2.46. The summed E-state index contributed by atoms with van der Waals surface area (Å²) < 4.78 is 39.1. The number of nitrogens with zero attached hydrogens (tertiary/aromatic N) is 2. The van der Waals surface area contributed by atoms with Gasteiger partial charge < -0.3 is 10.6 Å². The minimum absolute atomic E-state index is 0.0284. The lowest BCUT2D eigenvalue weighted by Crippen LogP contribution is -2.45. The van der Waals surface area contributed by atoms with Crippen molar-refractivity contribution in [3.63, 3.8) is 0 Å². The Morgan fingerprint density at radius 3 is 2.79 bits per heavy atom. The van der Waals surface area contributed by atoms with E-state index >= 15 is 0 Å². The second-order valence-corrected chi connectivity index (χ2v) is 5.05. The van der Waals surface area contributed by atoms with Gasteiger partial charge in [-0.25, -0.2) is 4.98 Å². The zero-order valence-corrected chi connectivity index (χ0v) is 10.8. The highest BCUT2D eigenvalue weighted by Crippen LogP contribution is 2.37. The van der Waals surface area contributed by atoms with Gasteiger partial charge in [-0.1, -0.05) is 0 Å². The van der Waals surface area contributed by atoms with Crippen molar-refractivity contribution in [1.82, 2.24) is 4.98 Å². The zero-order chi connectivity index (χ0) is 14.0. The summed E-state index contributed by atoms with van der Waals surface area (Å²) >= 11 is 0. The first-order chi connectivity index (χ1) is 8.93. The van der Waals surface area contributed by atoms with Crippen LogP contribution in [0.25, 0.3) is 0 Å². The van der Waals surface area contributed by atoms with E-state index in [1.165, 1.54) is 12.3 Å². The van der Waals surface area contributed by atoms with Crippen molar-refractivity contribution in [2.75, 3.05) is 18.0 Å². The molecule has 0 aromatic carbocycles. The SMILES string of the molecule is CC1CCC(CN)CN1c1ncccc1C(F)(F)F. The molecule has 106 valence electrons. The lowest BCUT2D eigenvalue weighted by Gasteiger charge is -2.39. The Morgan fingerprint density at radius 2 is 2.16 bits per heavy atom. The first-order valence-corrected chi connectivity index (χ1v) is 6.42. The van der Waals surface area contributed by atoms with Crippen LogP contribution >= 0.6 is 0 Å². The molecule has 0 bridgehead atoms. The molecule has 19 heavy (non-hydrogen) atoms. The minimum Gasteiger partial charge on any atom is -0.353 e. The number of hydrogen-bond acceptors (Lipinski definition) is 3. The molecule has 2 heterocycles. The van der Waals surface area contributed by atoms with Gasteiger partial charge in [-0.05, 0) is 44.4 Å². The molecule has 1 aromatic heterocycles. The monoisotopic (exact) mass is 273 g/mol. The lowest BCUT2D eigenvalue weighted by atomic mass is 9.93. The predicted octanol–water partition coefficient (Wildman–Crippen LogP) is 2.66. The van der Waals surface area contributed by atoms with Crippen molar-refractivity contribution in [3.8, 4) is 0 Å². The molecule has 2 unspecified atom stereocenters. The van der Waals surface area contributed by atoms with E-state index in [0.29, 0.717) is 13.1 Å². The summed E-state index contributed by atoms with van der Waals surface area (Å²) in [5, 5.41) is 0. The molecule has 0 radical (unpaired) electrons. The van der Waals surface area contributed by atoms with Gasteiger partial charge in [0.2, 0.25) is 0 Å². The number of hydrogen-bond donors (Lipinski definition) is 1. The lowest BCUT2D eigenvalue weighted by molar-refractivity contribution is -0.137. The molecule has 1 saturated heterocycles. The summed E-state index contributed by atoms with van der Waals surface area (Å²) in [6.45, 7) is 2.97. The van der Waals surface area contributed by atoms with E-state index in [-0.39, 0.29) is 17.8 Å². The first-order valence-electron chi connectivity index (χ1n) is 6.42. The maximum absolute atomic E-state index is 13.0. The molecule has 3 nitrogen and oxygen atoms in total. The van der Waals surface area contributed by atoms with Crippen molar-refractivity contribution in [2.24, 2.45) is 11.7 Å². The fourth-order valence-corrected chi connectivity index (χ4v) is 2.52. The summed E-state index contributed by atoms with van der Waals surface area (Å²) in [5.41, 5.74) is 4.98. The standard InChI is InChI=1S/C13H18F3N3/c1-9-4-5-10(7-17)8-19(9)12-11(13(14,15)16)3-2-6-18-12/h2-3,6,9-10H,4-5,7-8,17H2,1H3. The summed E-state index contributed by atoms with van der Waals surface area (Å²) in [5.74, 6) is 0.264. The highest BCUT2D eigenvalue weighted by atomic mass is 19.4. The van der Waals surface area contributed by atoms with Crippen LogP contribution in [-0.4, -0.2) is 24.1 Å². The van der Waals surface area contributed by atoms with Crippen molar-refractivity contribution in [1.29, 1.82) is 0 Å². The number of halogens is 3. The number of alkyl halides is 3. The van der Waals surface area contributed by atoms with Gasteiger partial charge >= 0.3 is 6.18 Å². The molecule has 0 amide bonds. The molecule has 2 atom stereocenters. The maximum Gasteiger partial charge on any atom is 0.419 e. The van der Waals surface area contributed by atoms with Gasteiger partial charge in [0, 0.05) is 18.8 Å². The molecule has 2 N–H and O–H groups in total. The van der Waals surface area contributed by atoms with Crippen molar-refractivity contribution in [3.05, 3.63) is 23.9 Å². The van der Waals surface area contributed by atoms with Crippen LogP contribution in [0.2, 0.25) is 0 Å². The number of pyridine rings is 1. The van der Waals surface area contributed by atoms with E-state index in [9.17, 15) is 13.2 Å². The highest BCUT2D eigenvalue weighted by Gasteiger charge is 2.37. The first kappa shape index (κ1) is 14.1. The molecule has 2 rings (SSSR count). The van der Waals surface area contributed by atoms with Crippen molar-refractivity contribution >= 4 is 5.82 Å². The van der Waals surface area contributed by atoms with Crippen LogP contribution in [0, 0.1) is 5.92 Å². The van der Waals surface area contributed by atoms with Gasteiger partial charge in [0.1, 0.15) is 5.82 Å². The Bertz CT molecular complexity index is 433. The smallest absolute Gasteiger partial charge is 0.353 e. The van der Waals surface area contributed by atoms with Gasteiger partial charge in [-0.2, -0.15) is 13.2 Å². The fraction of sp³-hybridized carbons (Fsp3) is 0.615. The number of piperidine rings is 1. The Labute approximate surface area is 110 Å². The van der Waals surface area contributed by atoms with Gasteiger partial charge in [0.15, 0.2) is 0 Å². The third-order valence-corrected chi connectivity index (χ3v) is 3.68. The second kappa shape index (κ2) is 5.36. The quantitative estimate of drug-likeness (QED) is 0.900. The largest absolute Gasteiger partial charge is 0.419 e. The predicted molar refractivity (Wildman–Crippen MR) is 67.8 cm³/mol. The van der Waals surface area contributed by atoms with Crippen LogP contribution in [-0.2, 0) is 6.18 Å². The fourth-order valence-electron chi connectivity index (χ4n) is 2.52. The van der Waals surface area contributed by atoms with Crippen LogP contribution in [0.1, 0.15) is 25.3 Å².